The summed E-state index contributed by atoms with van der Waals surface area (Å²) < 4.78 is 0. The van der Waals surface area contributed by atoms with Crippen molar-refractivity contribution in [3.05, 3.63) is 18.6 Å². The van der Waals surface area contributed by atoms with Gasteiger partial charge in [-0.15, -0.1) is 11.8 Å². The zero-order valence-corrected chi connectivity index (χ0v) is 11.6. The summed E-state index contributed by atoms with van der Waals surface area (Å²) in [7, 11) is 1.96. The van der Waals surface area contributed by atoms with Crippen LogP contribution in [0.2, 0.25) is 0 Å². The summed E-state index contributed by atoms with van der Waals surface area (Å²) >= 11 is 1.75. The van der Waals surface area contributed by atoms with Crippen molar-refractivity contribution in [1.29, 1.82) is 0 Å². The molecule has 2 N–H and O–H groups in total. The number of likely N-dealkylation sites (N-methyl/N-ethyl adjacent to an activating group) is 1. The molecule has 1 saturated carbocycles. The zero-order valence-electron chi connectivity index (χ0n) is 10.8. The van der Waals surface area contributed by atoms with Gasteiger partial charge in [-0.25, -0.2) is 4.98 Å². The number of nitrogens with zero attached hydrogens (tertiary/aromatic N) is 2. The molecule has 2 rings (SSSR count). The van der Waals surface area contributed by atoms with Gasteiger partial charge in [0, 0.05) is 17.9 Å². The van der Waals surface area contributed by atoms with Gasteiger partial charge < -0.3 is 10.4 Å². The number of aliphatic hydroxyl groups is 1. The Hall–Kier alpha value is -0.650. The maximum Gasteiger partial charge on any atom is 0.114 e. The Labute approximate surface area is 113 Å². The summed E-state index contributed by atoms with van der Waals surface area (Å²) in [4.78, 5) is 8.32. The van der Waals surface area contributed by atoms with Gasteiger partial charge in [0.15, 0.2) is 0 Å². The number of hydrogen-bond acceptors (Lipinski definition) is 5. The van der Waals surface area contributed by atoms with Crippen LogP contribution in [0.4, 0.5) is 0 Å². The van der Waals surface area contributed by atoms with Crippen LogP contribution in [0.1, 0.15) is 25.7 Å². The van der Waals surface area contributed by atoms with Gasteiger partial charge in [-0.2, -0.15) is 0 Å². The first-order chi connectivity index (χ1) is 8.80. The Morgan fingerprint density at radius 2 is 2.44 bits per heavy atom. The lowest BCUT2D eigenvalue weighted by molar-refractivity contribution is 0.130. The number of hydrogen-bond donors (Lipinski definition) is 2. The molecule has 1 aromatic rings. The molecule has 0 spiro atoms. The van der Waals surface area contributed by atoms with Crippen molar-refractivity contribution >= 4 is 11.8 Å². The number of rotatable bonds is 6. The molecule has 0 bridgehead atoms. The summed E-state index contributed by atoms with van der Waals surface area (Å²) in [5.41, 5.74) is -0.0527. The standard InChI is InChI=1S/C13H21N3OS/c1-14-13(10-17)5-2-3-11(13)4-8-18-12-9-15-6-7-16-12/h6-7,9,11,14,17H,2-5,8,10H2,1H3. The average molecular weight is 267 g/mol. The Kier molecular flexibility index (Phi) is 4.97. The highest BCUT2D eigenvalue weighted by Gasteiger charge is 2.40. The molecule has 0 aromatic carbocycles. The average Bonchev–Trinajstić information content (AvgIpc) is 2.84. The molecule has 5 heteroatoms. The van der Waals surface area contributed by atoms with Gasteiger partial charge in [0.25, 0.3) is 0 Å². The van der Waals surface area contributed by atoms with Crippen molar-refractivity contribution in [2.24, 2.45) is 5.92 Å². The maximum atomic E-state index is 9.61. The highest BCUT2D eigenvalue weighted by Crippen LogP contribution is 2.38. The Balaban J connectivity index is 1.83. The Morgan fingerprint density at radius 1 is 1.56 bits per heavy atom. The SMILES string of the molecule is CNC1(CO)CCCC1CCSc1cnccn1. The van der Waals surface area contributed by atoms with E-state index in [2.05, 4.69) is 15.3 Å². The normalized spacial score (nSPS) is 27.6. The fourth-order valence-electron chi connectivity index (χ4n) is 2.85. The molecule has 1 aromatic heterocycles. The predicted molar refractivity (Wildman–Crippen MR) is 73.6 cm³/mol. The molecule has 2 unspecified atom stereocenters. The first-order valence-electron chi connectivity index (χ1n) is 6.49. The van der Waals surface area contributed by atoms with Gasteiger partial charge in [-0.3, -0.25) is 4.98 Å². The van der Waals surface area contributed by atoms with Gasteiger partial charge in [0.1, 0.15) is 5.03 Å². The van der Waals surface area contributed by atoms with E-state index >= 15 is 0 Å². The van der Waals surface area contributed by atoms with Crippen LogP contribution >= 0.6 is 11.8 Å². The van der Waals surface area contributed by atoms with E-state index in [0.717, 1.165) is 23.6 Å². The van der Waals surface area contributed by atoms with Crippen molar-refractivity contribution in [1.82, 2.24) is 15.3 Å². The second kappa shape index (κ2) is 6.50. The third-order valence-electron chi connectivity index (χ3n) is 3.99. The van der Waals surface area contributed by atoms with Crippen LogP contribution in [0.3, 0.4) is 0 Å². The molecule has 1 aliphatic rings. The number of thioether (sulfide) groups is 1. The van der Waals surface area contributed by atoms with Gasteiger partial charge >= 0.3 is 0 Å². The van der Waals surface area contributed by atoms with E-state index in [-0.39, 0.29) is 12.1 Å². The monoisotopic (exact) mass is 267 g/mol. The highest BCUT2D eigenvalue weighted by atomic mass is 32.2. The molecular formula is C13H21N3OS. The minimum atomic E-state index is -0.0527. The molecule has 0 amide bonds. The molecule has 18 heavy (non-hydrogen) atoms. The maximum absolute atomic E-state index is 9.61. The topological polar surface area (TPSA) is 58.0 Å². The van der Waals surface area contributed by atoms with Gasteiger partial charge in [0.2, 0.25) is 0 Å². The van der Waals surface area contributed by atoms with Gasteiger partial charge in [-0.1, -0.05) is 6.42 Å². The van der Waals surface area contributed by atoms with Crippen LogP contribution in [0, 0.1) is 5.92 Å². The summed E-state index contributed by atoms with van der Waals surface area (Å²) in [5.74, 6) is 1.60. The van der Waals surface area contributed by atoms with E-state index in [1.165, 1.54) is 12.8 Å². The first kappa shape index (κ1) is 13.8. The minimum Gasteiger partial charge on any atom is -0.394 e. The Morgan fingerprint density at radius 3 is 3.11 bits per heavy atom. The van der Waals surface area contributed by atoms with E-state index in [1.54, 1.807) is 30.4 Å². The number of aliphatic hydroxyl groups excluding tert-OH is 1. The molecule has 0 aliphatic heterocycles. The van der Waals surface area contributed by atoms with Crippen molar-refractivity contribution in [2.45, 2.75) is 36.2 Å². The molecule has 0 radical (unpaired) electrons. The van der Waals surface area contributed by atoms with Crippen LogP contribution in [0.15, 0.2) is 23.6 Å². The smallest absolute Gasteiger partial charge is 0.114 e. The predicted octanol–water partition coefficient (Wildman–Crippen LogP) is 1.71. The molecule has 0 saturated heterocycles. The highest BCUT2D eigenvalue weighted by molar-refractivity contribution is 7.99. The van der Waals surface area contributed by atoms with Crippen molar-refractivity contribution in [2.75, 3.05) is 19.4 Å². The van der Waals surface area contributed by atoms with Crippen LogP contribution in [-0.4, -0.2) is 40.0 Å². The zero-order chi connectivity index (χ0) is 12.8. The summed E-state index contributed by atoms with van der Waals surface area (Å²) in [6.45, 7) is 0.240. The fraction of sp³-hybridized carbons (Fsp3) is 0.692. The summed E-state index contributed by atoms with van der Waals surface area (Å²) in [6.07, 6.45) is 9.84. The van der Waals surface area contributed by atoms with E-state index in [4.69, 9.17) is 0 Å². The largest absolute Gasteiger partial charge is 0.394 e. The Bertz CT molecular complexity index is 357. The van der Waals surface area contributed by atoms with Crippen molar-refractivity contribution in [3.8, 4) is 0 Å². The van der Waals surface area contributed by atoms with Gasteiger partial charge in [0.05, 0.1) is 12.8 Å². The van der Waals surface area contributed by atoms with E-state index in [9.17, 15) is 5.11 Å². The van der Waals surface area contributed by atoms with Crippen molar-refractivity contribution < 1.29 is 5.11 Å². The van der Waals surface area contributed by atoms with E-state index in [1.807, 2.05) is 7.05 Å². The first-order valence-corrected chi connectivity index (χ1v) is 7.48. The summed E-state index contributed by atoms with van der Waals surface area (Å²) in [6, 6.07) is 0. The van der Waals surface area contributed by atoms with E-state index < -0.39 is 0 Å². The molecule has 4 nitrogen and oxygen atoms in total. The molecule has 1 aliphatic carbocycles. The lowest BCUT2D eigenvalue weighted by Gasteiger charge is -2.33. The second-order valence-electron chi connectivity index (χ2n) is 4.83. The molecule has 1 heterocycles. The van der Waals surface area contributed by atoms with Crippen molar-refractivity contribution in [3.63, 3.8) is 0 Å². The van der Waals surface area contributed by atoms with E-state index in [0.29, 0.717) is 5.92 Å². The fourth-order valence-corrected chi connectivity index (χ4v) is 3.73. The third-order valence-corrected chi connectivity index (χ3v) is 4.94. The van der Waals surface area contributed by atoms with Gasteiger partial charge in [-0.05, 0) is 38.0 Å². The van der Waals surface area contributed by atoms with Crippen LogP contribution in [0.25, 0.3) is 0 Å². The second-order valence-corrected chi connectivity index (χ2v) is 5.95. The lowest BCUT2D eigenvalue weighted by atomic mass is 9.86. The summed E-state index contributed by atoms with van der Waals surface area (Å²) in [5, 5.41) is 13.9. The molecule has 1 fully saturated rings. The molecular weight excluding hydrogens is 246 g/mol. The minimum absolute atomic E-state index is 0.0527. The number of aromatic nitrogens is 2. The quantitative estimate of drug-likeness (QED) is 0.768. The van der Waals surface area contributed by atoms with Crippen LogP contribution in [-0.2, 0) is 0 Å². The van der Waals surface area contributed by atoms with Crippen LogP contribution in [0.5, 0.6) is 0 Å². The lowest BCUT2D eigenvalue weighted by Crippen LogP contribution is -2.49. The third kappa shape index (κ3) is 3.02. The van der Waals surface area contributed by atoms with Crippen LogP contribution < -0.4 is 5.32 Å². The molecule has 2 atom stereocenters. The number of nitrogens with one attached hydrogen (secondary N) is 1. The molecule has 100 valence electrons.